The van der Waals surface area contributed by atoms with E-state index in [0.29, 0.717) is 0 Å². The normalized spacial score (nSPS) is 22.5. The number of amides is 1. The minimum Gasteiger partial charge on any atom is -0.444 e. The van der Waals surface area contributed by atoms with Gasteiger partial charge in [-0.05, 0) is 80.3 Å². The standard InChI is InChI=1S/C17H25IN2O2/c1-17(2,3)22-16(21)20-9-5-8-14(19)15(20)11-12-6-4-7-13(18)10-12/h4,6-7,10,14-15H,5,8-9,11,19H2,1-3H3. The summed E-state index contributed by atoms with van der Waals surface area (Å²) in [6.45, 7) is 6.40. The van der Waals surface area contributed by atoms with Gasteiger partial charge in [0.1, 0.15) is 5.60 Å². The highest BCUT2D eigenvalue weighted by Gasteiger charge is 2.34. The van der Waals surface area contributed by atoms with Gasteiger partial charge in [-0.3, -0.25) is 0 Å². The second kappa shape index (κ2) is 7.17. The maximum Gasteiger partial charge on any atom is 0.410 e. The zero-order chi connectivity index (χ0) is 16.3. The Morgan fingerprint density at radius 3 is 2.82 bits per heavy atom. The van der Waals surface area contributed by atoms with Crippen molar-refractivity contribution in [2.45, 2.75) is 57.7 Å². The molecule has 2 rings (SSSR count). The van der Waals surface area contributed by atoms with Gasteiger partial charge >= 0.3 is 6.09 Å². The number of benzene rings is 1. The van der Waals surface area contributed by atoms with Gasteiger partial charge in [0.25, 0.3) is 0 Å². The Balaban J connectivity index is 2.14. The van der Waals surface area contributed by atoms with Crippen LogP contribution >= 0.6 is 22.6 Å². The van der Waals surface area contributed by atoms with Gasteiger partial charge in [-0.1, -0.05) is 12.1 Å². The number of nitrogens with two attached hydrogens (primary N) is 1. The predicted octanol–water partition coefficient (Wildman–Crippen LogP) is 3.56. The van der Waals surface area contributed by atoms with E-state index in [1.54, 1.807) is 0 Å². The molecule has 122 valence electrons. The van der Waals surface area contributed by atoms with Crippen molar-refractivity contribution >= 4 is 28.7 Å². The van der Waals surface area contributed by atoms with Gasteiger partial charge in [0.15, 0.2) is 0 Å². The molecule has 0 saturated carbocycles. The minimum absolute atomic E-state index is 0.000800. The van der Waals surface area contributed by atoms with Gasteiger partial charge in [0.05, 0.1) is 6.04 Å². The molecular weight excluding hydrogens is 391 g/mol. The first-order chi connectivity index (χ1) is 10.3. The molecule has 1 aliphatic rings. The number of ether oxygens (including phenoxy) is 1. The lowest BCUT2D eigenvalue weighted by Gasteiger charge is -2.40. The highest BCUT2D eigenvalue weighted by molar-refractivity contribution is 14.1. The number of likely N-dealkylation sites (tertiary alicyclic amines) is 1. The molecule has 5 heteroatoms. The van der Waals surface area contributed by atoms with Gasteiger partial charge in [0.2, 0.25) is 0 Å². The van der Waals surface area contributed by atoms with Crippen molar-refractivity contribution in [3.05, 3.63) is 33.4 Å². The molecule has 2 N–H and O–H groups in total. The lowest BCUT2D eigenvalue weighted by Crippen LogP contribution is -2.56. The fraction of sp³-hybridized carbons (Fsp3) is 0.588. The molecule has 1 saturated heterocycles. The van der Waals surface area contributed by atoms with Crippen LogP contribution in [-0.4, -0.2) is 35.2 Å². The van der Waals surface area contributed by atoms with E-state index in [-0.39, 0.29) is 18.2 Å². The summed E-state index contributed by atoms with van der Waals surface area (Å²) in [5.41, 5.74) is 7.04. The number of halogens is 1. The van der Waals surface area contributed by atoms with E-state index >= 15 is 0 Å². The molecule has 1 amide bonds. The van der Waals surface area contributed by atoms with Crippen LogP contribution in [0.1, 0.15) is 39.2 Å². The number of carbonyl (C=O) groups excluding carboxylic acids is 1. The summed E-state index contributed by atoms with van der Waals surface area (Å²) < 4.78 is 6.74. The van der Waals surface area contributed by atoms with Crippen LogP contribution in [0.5, 0.6) is 0 Å². The third-order valence-corrected chi connectivity index (χ3v) is 4.46. The van der Waals surface area contributed by atoms with Crippen LogP contribution < -0.4 is 5.73 Å². The van der Waals surface area contributed by atoms with Crippen molar-refractivity contribution in [2.75, 3.05) is 6.54 Å². The Labute approximate surface area is 146 Å². The zero-order valence-electron chi connectivity index (χ0n) is 13.5. The van der Waals surface area contributed by atoms with Crippen LogP contribution in [0.4, 0.5) is 4.79 Å². The summed E-state index contributed by atoms with van der Waals surface area (Å²) in [6.07, 6.45) is 2.41. The Morgan fingerprint density at radius 1 is 1.45 bits per heavy atom. The third kappa shape index (κ3) is 4.84. The van der Waals surface area contributed by atoms with Crippen LogP contribution in [0.2, 0.25) is 0 Å². The lowest BCUT2D eigenvalue weighted by molar-refractivity contribution is 0.00695. The molecule has 0 spiro atoms. The summed E-state index contributed by atoms with van der Waals surface area (Å²) in [4.78, 5) is 14.3. The summed E-state index contributed by atoms with van der Waals surface area (Å²) in [5, 5.41) is 0. The van der Waals surface area contributed by atoms with Crippen molar-refractivity contribution in [3.63, 3.8) is 0 Å². The molecule has 1 heterocycles. The van der Waals surface area contributed by atoms with Crippen LogP contribution in [0, 0.1) is 3.57 Å². The number of nitrogens with zero attached hydrogens (tertiary/aromatic N) is 1. The molecule has 2 unspecified atom stereocenters. The molecule has 1 aliphatic heterocycles. The van der Waals surface area contributed by atoms with E-state index in [1.165, 1.54) is 9.13 Å². The smallest absolute Gasteiger partial charge is 0.410 e. The monoisotopic (exact) mass is 416 g/mol. The Bertz CT molecular complexity index is 528. The van der Waals surface area contributed by atoms with Gasteiger partial charge in [-0.15, -0.1) is 0 Å². The van der Waals surface area contributed by atoms with Crippen LogP contribution in [0.15, 0.2) is 24.3 Å². The molecule has 1 fully saturated rings. The SMILES string of the molecule is CC(C)(C)OC(=O)N1CCCC(N)C1Cc1cccc(I)c1. The van der Waals surface area contributed by atoms with Gasteiger partial charge in [0, 0.05) is 16.2 Å². The Kier molecular flexibility index (Phi) is 5.71. The molecule has 2 atom stereocenters. The zero-order valence-corrected chi connectivity index (χ0v) is 15.7. The summed E-state index contributed by atoms with van der Waals surface area (Å²) in [5.74, 6) is 0. The van der Waals surface area contributed by atoms with Crippen molar-refractivity contribution in [1.29, 1.82) is 0 Å². The van der Waals surface area contributed by atoms with E-state index in [0.717, 1.165) is 25.8 Å². The molecule has 0 aliphatic carbocycles. The fourth-order valence-electron chi connectivity index (χ4n) is 2.80. The fourth-order valence-corrected chi connectivity index (χ4v) is 3.41. The Morgan fingerprint density at radius 2 is 2.18 bits per heavy atom. The number of carbonyl (C=O) groups is 1. The molecule has 4 nitrogen and oxygen atoms in total. The molecule has 0 bridgehead atoms. The van der Waals surface area contributed by atoms with Crippen molar-refractivity contribution in [1.82, 2.24) is 4.90 Å². The maximum atomic E-state index is 12.5. The molecule has 22 heavy (non-hydrogen) atoms. The first kappa shape index (κ1) is 17.5. The van der Waals surface area contributed by atoms with E-state index in [1.807, 2.05) is 31.7 Å². The van der Waals surface area contributed by atoms with Crippen LogP contribution in [0.25, 0.3) is 0 Å². The summed E-state index contributed by atoms with van der Waals surface area (Å²) >= 11 is 2.30. The second-order valence-corrected chi connectivity index (χ2v) is 8.13. The average Bonchev–Trinajstić information content (AvgIpc) is 2.39. The quantitative estimate of drug-likeness (QED) is 0.751. The average molecular weight is 416 g/mol. The largest absolute Gasteiger partial charge is 0.444 e. The van der Waals surface area contributed by atoms with Crippen molar-refractivity contribution in [2.24, 2.45) is 5.73 Å². The van der Waals surface area contributed by atoms with Crippen LogP contribution in [-0.2, 0) is 11.2 Å². The van der Waals surface area contributed by atoms with E-state index in [9.17, 15) is 4.79 Å². The first-order valence-electron chi connectivity index (χ1n) is 7.76. The lowest BCUT2D eigenvalue weighted by atomic mass is 9.92. The molecule has 0 radical (unpaired) electrons. The first-order valence-corrected chi connectivity index (χ1v) is 8.84. The van der Waals surface area contributed by atoms with E-state index in [2.05, 4.69) is 40.8 Å². The highest BCUT2D eigenvalue weighted by atomic mass is 127. The van der Waals surface area contributed by atoms with E-state index < -0.39 is 5.60 Å². The molecule has 0 aromatic heterocycles. The van der Waals surface area contributed by atoms with Crippen molar-refractivity contribution in [3.8, 4) is 0 Å². The second-order valence-electron chi connectivity index (χ2n) is 6.88. The van der Waals surface area contributed by atoms with Gasteiger partial charge < -0.3 is 15.4 Å². The molecule has 1 aromatic carbocycles. The number of hydrogen-bond donors (Lipinski definition) is 1. The van der Waals surface area contributed by atoms with Crippen molar-refractivity contribution < 1.29 is 9.53 Å². The predicted molar refractivity (Wildman–Crippen MR) is 96.8 cm³/mol. The molecule has 1 aromatic rings. The Hall–Kier alpha value is -0.820. The van der Waals surface area contributed by atoms with Gasteiger partial charge in [-0.25, -0.2) is 4.79 Å². The number of rotatable bonds is 2. The highest BCUT2D eigenvalue weighted by Crippen LogP contribution is 2.23. The number of hydrogen-bond acceptors (Lipinski definition) is 3. The molecular formula is C17H25IN2O2. The van der Waals surface area contributed by atoms with Crippen LogP contribution in [0.3, 0.4) is 0 Å². The minimum atomic E-state index is -0.481. The summed E-state index contributed by atoms with van der Waals surface area (Å²) in [7, 11) is 0. The van der Waals surface area contributed by atoms with Gasteiger partial charge in [-0.2, -0.15) is 0 Å². The third-order valence-electron chi connectivity index (χ3n) is 3.79. The topological polar surface area (TPSA) is 55.6 Å². The summed E-state index contributed by atoms with van der Waals surface area (Å²) in [6, 6.07) is 8.35. The van der Waals surface area contributed by atoms with E-state index in [4.69, 9.17) is 10.5 Å². The maximum absolute atomic E-state index is 12.5. The number of piperidine rings is 1.